The van der Waals surface area contributed by atoms with Gasteiger partial charge in [0.15, 0.2) is 0 Å². The standard InChI is InChI=1S/C13H16BrNO4/c1-9(6-10-2-4-11(14)5-3-10)15(7-12(16)17)8-13(18)19/h2-5,9H,6-8H2,1H3,(H,16,17)(H,18,19). The first-order chi connectivity index (χ1) is 8.88. The van der Waals surface area contributed by atoms with Crippen LogP contribution in [0.15, 0.2) is 28.7 Å². The number of carbonyl (C=O) groups is 2. The van der Waals surface area contributed by atoms with E-state index in [-0.39, 0.29) is 19.1 Å². The fourth-order valence-corrected chi connectivity index (χ4v) is 2.07. The second-order valence-corrected chi connectivity index (χ2v) is 5.29. The summed E-state index contributed by atoms with van der Waals surface area (Å²) in [6.45, 7) is 1.28. The molecule has 0 aliphatic carbocycles. The first-order valence-corrected chi connectivity index (χ1v) is 6.60. The highest BCUT2D eigenvalue weighted by molar-refractivity contribution is 9.10. The highest BCUT2D eigenvalue weighted by Gasteiger charge is 2.19. The Morgan fingerprint density at radius 1 is 1.16 bits per heavy atom. The van der Waals surface area contributed by atoms with Crippen LogP contribution in [0.2, 0.25) is 0 Å². The molecule has 0 bridgehead atoms. The lowest BCUT2D eigenvalue weighted by molar-refractivity contribution is -0.142. The lowest BCUT2D eigenvalue weighted by Gasteiger charge is -2.25. The third kappa shape index (κ3) is 5.85. The van der Waals surface area contributed by atoms with Gasteiger partial charge in [0.2, 0.25) is 0 Å². The van der Waals surface area contributed by atoms with Crippen molar-refractivity contribution in [3.05, 3.63) is 34.3 Å². The molecule has 6 heteroatoms. The number of hydrogen-bond donors (Lipinski definition) is 2. The average Bonchev–Trinajstić information content (AvgIpc) is 2.30. The first kappa shape index (κ1) is 15.7. The van der Waals surface area contributed by atoms with Crippen LogP contribution in [0.5, 0.6) is 0 Å². The summed E-state index contributed by atoms with van der Waals surface area (Å²) in [6.07, 6.45) is 0.605. The molecule has 0 aliphatic heterocycles. The quantitative estimate of drug-likeness (QED) is 0.798. The van der Waals surface area contributed by atoms with Gasteiger partial charge in [-0.15, -0.1) is 0 Å². The molecule has 1 aromatic carbocycles. The van der Waals surface area contributed by atoms with E-state index in [2.05, 4.69) is 15.9 Å². The number of aliphatic carboxylic acids is 2. The average molecular weight is 330 g/mol. The number of nitrogens with zero attached hydrogens (tertiary/aromatic N) is 1. The van der Waals surface area contributed by atoms with E-state index < -0.39 is 11.9 Å². The fraction of sp³-hybridized carbons (Fsp3) is 0.385. The summed E-state index contributed by atoms with van der Waals surface area (Å²) in [7, 11) is 0. The van der Waals surface area contributed by atoms with Crippen LogP contribution >= 0.6 is 15.9 Å². The summed E-state index contributed by atoms with van der Waals surface area (Å²) < 4.78 is 0.969. The van der Waals surface area contributed by atoms with Gasteiger partial charge in [-0.05, 0) is 31.0 Å². The van der Waals surface area contributed by atoms with Crippen LogP contribution in [0.4, 0.5) is 0 Å². The summed E-state index contributed by atoms with van der Waals surface area (Å²) in [5.74, 6) is -2.05. The molecular weight excluding hydrogens is 314 g/mol. The van der Waals surface area contributed by atoms with Gasteiger partial charge >= 0.3 is 11.9 Å². The summed E-state index contributed by atoms with van der Waals surface area (Å²) >= 11 is 3.34. The maximum Gasteiger partial charge on any atom is 0.317 e. The molecule has 2 N–H and O–H groups in total. The Hall–Kier alpha value is -1.40. The van der Waals surface area contributed by atoms with Crippen LogP contribution in [-0.2, 0) is 16.0 Å². The molecule has 0 amide bonds. The first-order valence-electron chi connectivity index (χ1n) is 5.80. The molecule has 1 unspecified atom stereocenters. The van der Waals surface area contributed by atoms with Gasteiger partial charge in [-0.25, -0.2) is 0 Å². The van der Waals surface area contributed by atoms with Crippen molar-refractivity contribution in [2.75, 3.05) is 13.1 Å². The lowest BCUT2D eigenvalue weighted by Crippen LogP contribution is -2.41. The van der Waals surface area contributed by atoms with Crippen LogP contribution in [0, 0.1) is 0 Å². The van der Waals surface area contributed by atoms with Crippen molar-refractivity contribution in [3.63, 3.8) is 0 Å². The highest BCUT2D eigenvalue weighted by Crippen LogP contribution is 2.13. The van der Waals surface area contributed by atoms with E-state index in [0.29, 0.717) is 6.42 Å². The van der Waals surface area contributed by atoms with Gasteiger partial charge in [0.25, 0.3) is 0 Å². The normalized spacial score (nSPS) is 12.4. The number of benzene rings is 1. The minimum atomic E-state index is -1.02. The number of halogens is 1. The van der Waals surface area contributed by atoms with Crippen molar-refractivity contribution in [1.82, 2.24) is 4.90 Å². The molecule has 5 nitrogen and oxygen atoms in total. The minimum Gasteiger partial charge on any atom is -0.480 e. The Labute approximate surface area is 120 Å². The van der Waals surface area contributed by atoms with Crippen molar-refractivity contribution >= 4 is 27.9 Å². The molecule has 104 valence electrons. The lowest BCUT2D eigenvalue weighted by atomic mass is 10.1. The van der Waals surface area contributed by atoms with Crippen LogP contribution in [0.1, 0.15) is 12.5 Å². The molecule has 1 rings (SSSR count). The number of carboxylic acid groups (broad SMARTS) is 2. The molecule has 0 aliphatic rings. The van der Waals surface area contributed by atoms with E-state index >= 15 is 0 Å². The second-order valence-electron chi connectivity index (χ2n) is 4.37. The van der Waals surface area contributed by atoms with E-state index in [1.165, 1.54) is 4.90 Å². The molecule has 0 radical (unpaired) electrons. The number of hydrogen-bond acceptors (Lipinski definition) is 3. The highest BCUT2D eigenvalue weighted by atomic mass is 79.9. The third-order valence-electron chi connectivity index (χ3n) is 2.74. The van der Waals surface area contributed by atoms with Crippen molar-refractivity contribution < 1.29 is 19.8 Å². The summed E-state index contributed by atoms with van der Waals surface area (Å²) in [6, 6.07) is 7.51. The van der Waals surface area contributed by atoms with Crippen LogP contribution < -0.4 is 0 Å². The van der Waals surface area contributed by atoms with Crippen LogP contribution in [-0.4, -0.2) is 46.2 Å². The Bertz CT molecular complexity index is 430. The van der Waals surface area contributed by atoms with Gasteiger partial charge in [-0.2, -0.15) is 0 Å². The maximum absolute atomic E-state index is 10.8. The molecule has 19 heavy (non-hydrogen) atoms. The van der Waals surface area contributed by atoms with Gasteiger partial charge in [0, 0.05) is 10.5 Å². The van der Waals surface area contributed by atoms with Gasteiger partial charge in [-0.1, -0.05) is 28.1 Å². The van der Waals surface area contributed by atoms with Gasteiger partial charge < -0.3 is 10.2 Å². The molecule has 0 heterocycles. The zero-order chi connectivity index (χ0) is 14.4. The SMILES string of the molecule is CC(Cc1ccc(Br)cc1)N(CC(=O)O)CC(=O)O. The molecule has 0 spiro atoms. The Morgan fingerprint density at radius 3 is 2.05 bits per heavy atom. The topological polar surface area (TPSA) is 77.8 Å². The van der Waals surface area contributed by atoms with Crippen molar-refractivity contribution in [3.8, 4) is 0 Å². The van der Waals surface area contributed by atoms with Crippen LogP contribution in [0.25, 0.3) is 0 Å². The Balaban J connectivity index is 2.69. The van der Waals surface area contributed by atoms with E-state index in [9.17, 15) is 9.59 Å². The van der Waals surface area contributed by atoms with Gasteiger partial charge in [0.1, 0.15) is 0 Å². The number of carboxylic acids is 2. The monoisotopic (exact) mass is 329 g/mol. The van der Waals surface area contributed by atoms with E-state index in [4.69, 9.17) is 10.2 Å². The van der Waals surface area contributed by atoms with Crippen molar-refractivity contribution in [1.29, 1.82) is 0 Å². The molecule has 0 aromatic heterocycles. The molecule has 0 saturated carbocycles. The smallest absolute Gasteiger partial charge is 0.317 e. The van der Waals surface area contributed by atoms with Gasteiger partial charge in [-0.3, -0.25) is 14.5 Å². The third-order valence-corrected chi connectivity index (χ3v) is 3.27. The Kier molecular flexibility index (Phi) is 5.98. The zero-order valence-electron chi connectivity index (χ0n) is 10.5. The Morgan fingerprint density at radius 2 is 1.63 bits per heavy atom. The van der Waals surface area contributed by atoms with Crippen molar-refractivity contribution in [2.24, 2.45) is 0 Å². The van der Waals surface area contributed by atoms with Crippen LogP contribution in [0.3, 0.4) is 0 Å². The predicted octanol–water partition coefficient (Wildman–Crippen LogP) is 1.85. The van der Waals surface area contributed by atoms with E-state index in [1.54, 1.807) is 0 Å². The predicted molar refractivity (Wildman–Crippen MR) is 74.2 cm³/mol. The molecule has 0 fully saturated rings. The summed E-state index contributed by atoms with van der Waals surface area (Å²) in [4.78, 5) is 22.9. The van der Waals surface area contributed by atoms with Crippen molar-refractivity contribution in [2.45, 2.75) is 19.4 Å². The van der Waals surface area contributed by atoms with E-state index in [0.717, 1.165) is 10.0 Å². The minimum absolute atomic E-state index is 0.159. The summed E-state index contributed by atoms with van der Waals surface area (Å²) in [5.41, 5.74) is 1.04. The number of rotatable bonds is 7. The maximum atomic E-state index is 10.8. The second kappa shape index (κ2) is 7.25. The zero-order valence-corrected chi connectivity index (χ0v) is 12.1. The molecular formula is C13H16BrNO4. The molecule has 0 saturated heterocycles. The summed E-state index contributed by atoms with van der Waals surface area (Å²) in [5, 5.41) is 17.6. The largest absolute Gasteiger partial charge is 0.480 e. The molecule has 1 aromatic rings. The van der Waals surface area contributed by atoms with E-state index in [1.807, 2.05) is 31.2 Å². The fourth-order valence-electron chi connectivity index (χ4n) is 1.81. The van der Waals surface area contributed by atoms with Gasteiger partial charge in [0.05, 0.1) is 13.1 Å². The molecule has 1 atom stereocenters.